The molecular formula is C13H24O4. The molecule has 0 amide bonds. The maximum absolute atomic E-state index is 11.4. The van der Waals surface area contributed by atoms with E-state index in [1.54, 1.807) is 0 Å². The number of aliphatic carboxylic acids is 1. The van der Waals surface area contributed by atoms with Crippen molar-refractivity contribution in [1.29, 1.82) is 0 Å². The van der Waals surface area contributed by atoms with E-state index in [-0.39, 0.29) is 12.7 Å². The SMILES string of the molecule is CC(C)OCC(O)CC1(C(=O)O)CCCCC1. The molecule has 0 aromatic heterocycles. The summed E-state index contributed by atoms with van der Waals surface area (Å²) in [5.41, 5.74) is -0.724. The van der Waals surface area contributed by atoms with Gasteiger partial charge in [0.2, 0.25) is 0 Å². The van der Waals surface area contributed by atoms with Crippen molar-refractivity contribution in [3.05, 3.63) is 0 Å². The van der Waals surface area contributed by atoms with Gasteiger partial charge >= 0.3 is 5.97 Å². The lowest BCUT2D eigenvalue weighted by molar-refractivity contribution is -0.154. The first-order valence-corrected chi connectivity index (χ1v) is 6.49. The van der Waals surface area contributed by atoms with Gasteiger partial charge in [0.05, 0.1) is 24.2 Å². The first-order chi connectivity index (χ1) is 7.96. The number of carboxylic acids is 1. The standard InChI is InChI=1S/C13H24O4/c1-10(2)17-9-11(14)8-13(12(15)16)6-4-3-5-7-13/h10-11,14H,3-9H2,1-2H3,(H,15,16). The zero-order valence-electron chi connectivity index (χ0n) is 10.8. The van der Waals surface area contributed by atoms with Crippen LogP contribution in [0.5, 0.6) is 0 Å². The molecule has 0 bridgehead atoms. The molecule has 0 aliphatic heterocycles. The van der Waals surface area contributed by atoms with Crippen LogP contribution in [0.4, 0.5) is 0 Å². The molecular weight excluding hydrogens is 220 g/mol. The maximum Gasteiger partial charge on any atom is 0.309 e. The number of carbonyl (C=O) groups is 1. The van der Waals surface area contributed by atoms with Crippen molar-refractivity contribution in [3.8, 4) is 0 Å². The molecule has 2 N–H and O–H groups in total. The summed E-state index contributed by atoms with van der Waals surface area (Å²) in [6.07, 6.45) is 4.07. The van der Waals surface area contributed by atoms with Gasteiger partial charge in [-0.2, -0.15) is 0 Å². The molecule has 1 rings (SSSR count). The highest BCUT2D eigenvalue weighted by molar-refractivity contribution is 5.74. The normalized spacial score (nSPS) is 21.4. The second-order valence-electron chi connectivity index (χ2n) is 5.39. The van der Waals surface area contributed by atoms with Gasteiger partial charge in [0.25, 0.3) is 0 Å². The Morgan fingerprint density at radius 2 is 1.88 bits per heavy atom. The van der Waals surface area contributed by atoms with Gasteiger partial charge in [0.1, 0.15) is 0 Å². The summed E-state index contributed by atoms with van der Waals surface area (Å²) in [4.78, 5) is 11.4. The van der Waals surface area contributed by atoms with Crippen molar-refractivity contribution < 1.29 is 19.7 Å². The molecule has 1 aliphatic carbocycles. The quantitative estimate of drug-likeness (QED) is 0.751. The Bertz CT molecular complexity index is 244. The van der Waals surface area contributed by atoms with E-state index in [0.29, 0.717) is 19.3 Å². The summed E-state index contributed by atoms with van der Waals surface area (Å²) in [5.74, 6) is -0.763. The highest BCUT2D eigenvalue weighted by Crippen LogP contribution is 2.40. The number of hydrogen-bond donors (Lipinski definition) is 2. The van der Waals surface area contributed by atoms with Crippen LogP contribution in [0.2, 0.25) is 0 Å². The van der Waals surface area contributed by atoms with E-state index in [1.807, 2.05) is 13.8 Å². The van der Waals surface area contributed by atoms with E-state index in [0.717, 1.165) is 19.3 Å². The summed E-state index contributed by atoms with van der Waals surface area (Å²) in [6, 6.07) is 0. The molecule has 100 valence electrons. The summed E-state index contributed by atoms with van der Waals surface area (Å²) in [6.45, 7) is 4.04. The topological polar surface area (TPSA) is 66.8 Å². The molecule has 17 heavy (non-hydrogen) atoms. The van der Waals surface area contributed by atoms with Gasteiger partial charge in [-0.25, -0.2) is 0 Å². The number of hydrogen-bond acceptors (Lipinski definition) is 3. The van der Waals surface area contributed by atoms with Gasteiger partial charge in [-0.15, -0.1) is 0 Å². The second kappa shape index (κ2) is 6.36. The highest BCUT2D eigenvalue weighted by Gasteiger charge is 2.41. The third-order valence-electron chi connectivity index (χ3n) is 3.51. The molecule has 0 aromatic carbocycles. The molecule has 0 radical (unpaired) electrons. The summed E-state index contributed by atoms with van der Waals surface area (Å²) >= 11 is 0. The highest BCUT2D eigenvalue weighted by atomic mass is 16.5. The summed E-state index contributed by atoms with van der Waals surface area (Å²) < 4.78 is 5.33. The van der Waals surface area contributed by atoms with E-state index in [2.05, 4.69) is 0 Å². The van der Waals surface area contributed by atoms with Crippen molar-refractivity contribution >= 4 is 5.97 Å². The number of aliphatic hydroxyl groups is 1. The third-order valence-corrected chi connectivity index (χ3v) is 3.51. The molecule has 1 saturated carbocycles. The van der Waals surface area contributed by atoms with Crippen LogP contribution in [0.3, 0.4) is 0 Å². The zero-order valence-corrected chi connectivity index (χ0v) is 10.8. The molecule has 1 atom stereocenters. The Hall–Kier alpha value is -0.610. The monoisotopic (exact) mass is 244 g/mol. The van der Waals surface area contributed by atoms with Gasteiger partial charge in [0.15, 0.2) is 0 Å². The molecule has 1 unspecified atom stereocenters. The van der Waals surface area contributed by atoms with Crippen LogP contribution in [0.15, 0.2) is 0 Å². The average molecular weight is 244 g/mol. The van der Waals surface area contributed by atoms with Gasteiger partial charge in [0, 0.05) is 0 Å². The molecule has 0 saturated heterocycles. The molecule has 1 aliphatic rings. The minimum absolute atomic E-state index is 0.0665. The van der Waals surface area contributed by atoms with Crippen LogP contribution in [-0.2, 0) is 9.53 Å². The van der Waals surface area contributed by atoms with E-state index in [1.165, 1.54) is 0 Å². The summed E-state index contributed by atoms with van der Waals surface area (Å²) in [7, 11) is 0. The minimum Gasteiger partial charge on any atom is -0.481 e. The van der Waals surface area contributed by atoms with Gasteiger partial charge in [-0.1, -0.05) is 19.3 Å². The van der Waals surface area contributed by atoms with E-state index in [9.17, 15) is 15.0 Å². The zero-order chi connectivity index (χ0) is 12.9. The van der Waals surface area contributed by atoms with Crippen molar-refractivity contribution in [1.82, 2.24) is 0 Å². The van der Waals surface area contributed by atoms with E-state index >= 15 is 0 Å². The number of ether oxygens (including phenoxy) is 1. The van der Waals surface area contributed by atoms with Crippen LogP contribution in [0.25, 0.3) is 0 Å². The first-order valence-electron chi connectivity index (χ1n) is 6.49. The predicted molar refractivity (Wildman–Crippen MR) is 64.9 cm³/mol. The minimum atomic E-state index is -0.763. The Balaban J connectivity index is 2.51. The Kier molecular flexibility index (Phi) is 5.40. The molecule has 0 spiro atoms. The fourth-order valence-electron chi connectivity index (χ4n) is 2.55. The van der Waals surface area contributed by atoms with Crippen LogP contribution >= 0.6 is 0 Å². The van der Waals surface area contributed by atoms with Crippen molar-refractivity contribution in [3.63, 3.8) is 0 Å². The van der Waals surface area contributed by atoms with Gasteiger partial charge < -0.3 is 14.9 Å². The first kappa shape index (κ1) is 14.5. The van der Waals surface area contributed by atoms with Crippen LogP contribution in [0.1, 0.15) is 52.4 Å². The Morgan fingerprint density at radius 3 is 2.35 bits per heavy atom. The molecule has 4 nitrogen and oxygen atoms in total. The molecule has 0 aromatic rings. The second-order valence-corrected chi connectivity index (χ2v) is 5.39. The molecule has 0 heterocycles. The lowest BCUT2D eigenvalue weighted by Crippen LogP contribution is -2.38. The van der Waals surface area contributed by atoms with Crippen molar-refractivity contribution in [2.75, 3.05) is 6.61 Å². The molecule has 4 heteroatoms. The van der Waals surface area contributed by atoms with Crippen molar-refractivity contribution in [2.24, 2.45) is 5.41 Å². The number of carboxylic acid groups (broad SMARTS) is 1. The number of aliphatic hydroxyl groups excluding tert-OH is 1. The van der Waals surface area contributed by atoms with Crippen LogP contribution in [-0.4, -0.2) is 35.0 Å². The third kappa shape index (κ3) is 4.28. The van der Waals surface area contributed by atoms with E-state index in [4.69, 9.17) is 4.74 Å². The predicted octanol–water partition coefficient (Wildman–Crippen LogP) is 2.20. The number of rotatable bonds is 6. The van der Waals surface area contributed by atoms with Gasteiger partial charge in [-0.05, 0) is 33.1 Å². The largest absolute Gasteiger partial charge is 0.481 e. The molecule has 1 fully saturated rings. The van der Waals surface area contributed by atoms with Gasteiger partial charge in [-0.3, -0.25) is 4.79 Å². The fraction of sp³-hybridized carbons (Fsp3) is 0.923. The van der Waals surface area contributed by atoms with Crippen LogP contribution in [0, 0.1) is 5.41 Å². The summed E-state index contributed by atoms with van der Waals surface area (Å²) in [5, 5.41) is 19.2. The van der Waals surface area contributed by atoms with E-state index < -0.39 is 17.5 Å². The fourth-order valence-corrected chi connectivity index (χ4v) is 2.55. The maximum atomic E-state index is 11.4. The Labute approximate surface area is 103 Å². The van der Waals surface area contributed by atoms with Crippen molar-refractivity contribution in [2.45, 2.75) is 64.6 Å². The lowest BCUT2D eigenvalue weighted by Gasteiger charge is -2.34. The smallest absolute Gasteiger partial charge is 0.309 e. The van der Waals surface area contributed by atoms with Crippen LogP contribution < -0.4 is 0 Å². The average Bonchev–Trinajstić information content (AvgIpc) is 2.27. The Morgan fingerprint density at radius 1 is 1.29 bits per heavy atom. The lowest BCUT2D eigenvalue weighted by atomic mass is 9.71.